The monoisotopic (exact) mass is 226 g/mol. The number of pyridine rings is 1. The lowest BCUT2D eigenvalue weighted by Crippen LogP contribution is -1.88. The second-order valence-corrected chi connectivity index (χ2v) is 4.38. The van der Waals surface area contributed by atoms with Crippen LogP contribution in [0.15, 0.2) is 24.4 Å². The van der Waals surface area contributed by atoms with E-state index in [2.05, 4.69) is 16.9 Å². The molecule has 0 aliphatic heterocycles. The molecule has 17 heavy (non-hydrogen) atoms. The van der Waals surface area contributed by atoms with Gasteiger partial charge in [0.2, 0.25) is 0 Å². The summed E-state index contributed by atoms with van der Waals surface area (Å²) < 4.78 is 0. The Morgan fingerprint density at radius 3 is 2.76 bits per heavy atom. The minimum atomic E-state index is 0.0606. The Morgan fingerprint density at radius 2 is 2.00 bits per heavy atom. The van der Waals surface area contributed by atoms with E-state index in [9.17, 15) is 5.11 Å². The lowest BCUT2D eigenvalue weighted by molar-refractivity contribution is 0.283. The second kappa shape index (κ2) is 3.57. The molecule has 0 fully saturated rings. The van der Waals surface area contributed by atoms with E-state index in [4.69, 9.17) is 0 Å². The lowest BCUT2D eigenvalue weighted by atomic mass is 10.0. The van der Waals surface area contributed by atoms with Crippen molar-refractivity contribution in [1.82, 2.24) is 9.97 Å². The Kier molecular flexibility index (Phi) is 2.16. The van der Waals surface area contributed by atoms with Crippen molar-refractivity contribution < 1.29 is 5.11 Å². The number of aliphatic hydroxyl groups excluding tert-OH is 1. The summed E-state index contributed by atoms with van der Waals surface area (Å²) >= 11 is 0. The minimum absolute atomic E-state index is 0.0606. The van der Waals surface area contributed by atoms with Crippen LogP contribution < -0.4 is 0 Å². The first-order chi connectivity index (χ1) is 8.22. The zero-order valence-corrected chi connectivity index (χ0v) is 9.91. The molecule has 0 atom stereocenters. The molecule has 0 amide bonds. The highest BCUT2D eigenvalue weighted by Crippen LogP contribution is 2.31. The third kappa shape index (κ3) is 1.36. The van der Waals surface area contributed by atoms with Crippen LogP contribution in [0, 0.1) is 13.8 Å². The average molecular weight is 226 g/mol. The molecule has 3 heteroatoms. The SMILES string of the molecule is Cc1ncc2[nH]c3cccc(CO)c3c2c1C. The Hall–Kier alpha value is -1.87. The van der Waals surface area contributed by atoms with Gasteiger partial charge < -0.3 is 10.1 Å². The fourth-order valence-electron chi connectivity index (χ4n) is 2.40. The van der Waals surface area contributed by atoms with Crippen molar-refractivity contribution >= 4 is 21.8 Å². The second-order valence-electron chi connectivity index (χ2n) is 4.38. The van der Waals surface area contributed by atoms with Gasteiger partial charge in [0.25, 0.3) is 0 Å². The summed E-state index contributed by atoms with van der Waals surface area (Å²) in [5.41, 5.74) is 5.26. The molecule has 0 unspecified atom stereocenters. The van der Waals surface area contributed by atoms with Gasteiger partial charge in [-0.3, -0.25) is 4.98 Å². The molecule has 86 valence electrons. The lowest BCUT2D eigenvalue weighted by Gasteiger charge is -2.03. The van der Waals surface area contributed by atoms with Crippen LogP contribution in [0.5, 0.6) is 0 Å². The summed E-state index contributed by atoms with van der Waals surface area (Å²) in [5, 5.41) is 11.7. The maximum absolute atomic E-state index is 9.44. The topological polar surface area (TPSA) is 48.9 Å². The predicted molar refractivity (Wildman–Crippen MR) is 69.0 cm³/mol. The van der Waals surface area contributed by atoms with Gasteiger partial charge in [-0.05, 0) is 31.0 Å². The maximum atomic E-state index is 9.44. The molecule has 0 aliphatic rings. The van der Waals surface area contributed by atoms with Crippen molar-refractivity contribution in [2.75, 3.05) is 0 Å². The van der Waals surface area contributed by atoms with Gasteiger partial charge in [-0.25, -0.2) is 0 Å². The number of hydrogen-bond acceptors (Lipinski definition) is 2. The van der Waals surface area contributed by atoms with Gasteiger partial charge in [0, 0.05) is 22.0 Å². The zero-order chi connectivity index (χ0) is 12.0. The standard InChI is InChI=1S/C14H14N2O/c1-8-9(2)15-6-12-13(8)14-10(7-17)4-3-5-11(14)16-12/h3-6,16-17H,7H2,1-2H3. The van der Waals surface area contributed by atoms with Gasteiger partial charge in [-0.1, -0.05) is 12.1 Å². The fraction of sp³-hybridized carbons (Fsp3) is 0.214. The number of aromatic nitrogens is 2. The Labute approximate surface area is 99.1 Å². The van der Waals surface area contributed by atoms with Gasteiger partial charge in [0.1, 0.15) is 0 Å². The van der Waals surface area contributed by atoms with Crippen LogP contribution in [0.2, 0.25) is 0 Å². The van der Waals surface area contributed by atoms with Crippen molar-refractivity contribution in [3.05, 3.63) is 41.2 Å². The first-order valence-electron chi connectivity index (χ1n) is 5.68. The Morgan fingerprint density at radius 1 is 1.18 bits per heavy atom. The first kappa shape index (κ1) is 10.3. The largest absolute Gasteiger partial charge is 0.392 e. The molecule has 0 radical (unpaired) electrons. The molecular formula is C14H14N2O. The molecular weight excluding hydrogens is 212 g/mol. The predicted octanol–water partition coefficient (Wildman–Crippen LogP) is 2.83. The van der Waals surface area contributed by atoms with Gasteiger partial charge in [0.05, 0.1) is 18.3 Å². The summed E-state index contributed by atoms with van der Waals surface area (Å²) in [6.45, 7) is 4.15. The maximum Gasteiger partial charge on any atom is 0.0688 e. The summed E-state index contributed by atoms with van der Waals surface area (Å²) in [5.74, 6) is 0. The molecule has 2 heterocycles. The highest BCUT2D eigenvalue weighted by molar-refractivity contribution is 6.10. The Balaban J connectivity index is 2.60. The zero-order valence-electron chi connectivity index (χ0n) is 9.91. The van der Waals surface area contributed by atoms with E-state index < -0.39 is 0 Å². The van der Waals surface area contributed by atoms with Gasteiger partial charge in [0.15, 0.2) is 0 Å². The summed E-state index contributed by atoms with van der Waals surface area (Å²) in [4.78, 5) is 7.71. The van der Waals surface area contributed by atoms with Crippen LogP contribution >= 0.6 is 0 Å². The van der Waals surface area contributed by atoms with Crippen LogP contribution in [0.25, 0.3) is 21.8 Å². The molecule has 2 aromatic heterocycles. The number of H-pyrrole nitrogens is 1. The van der Waals surface area contributed by atoms with E-state index in [1.807, 2.05) is 31.3 Å². The van der Waals surface area contributed by atoms with Crippen molar-refractivity contribution in [2.45, 2.75) is 20.5 Å². The van der Waals surface area contributed by atoms with Crippen molar-refractivity contribution in [1.29, 1.82) is 0 Å². The normalized spacial score (nSPS) is 11.5. The van der Waals surface area contributed by atoms with E-state index in [0.29, 0.717) is 0 Å². The van der Waals surface area contributed by atoms with Gasteiger partial charge >= 0.3 is 0 Å². The molecule has 1 aromatic carbocycles. The van der Waals surface area contributed by atoms with Crippen LogP contribution in [0.1, 0.15) is 16.8 Å². The van der Waals surface area contributed by atoms with E-state index in [-0.39, 0.29) is 6.61 Å². The Bertz CT molecular complexity index is 713. The van der Waals surface area contributed by atoms with Crippen molar-refractivity contribution in [2.24, 2.45) is 0 Å². The number of nitrogens with one attached hydrogen (secondary N) is 1. The number of fused-ring (bicyclic) bond motifs is 3. The molecule has 3 aromatic rings. The summed E-state index contributed by atoms with van der Waals surface area (Å²) in [6.07, 6.45) is 1.86. The highest BCUT2D eigenvalue weighted by Gasteiger charge is 2.11. The first-order valence-corrected chi connectivity index (χ1v) is 5.68. The number of rotatable bonds is 1. The van der Waals surface area contributed by atoms with Crippen molar-refractivity contribution in [3.63, 3.8) is 0 Å². The number of hydrogen-bond donors (Lipinski definition) is 2. The van der Waals surface area contributed by atoms with E-state index in [1.54, 1.807) is 0 Å². The smallest absolute Gasteiger partial charge is 0.0688 e. The minimum Gasteiger partial charge on any atom is -0.392 e. The van der Waals surface area contributed by atoms with Gasteiger partial charge in [-0.2, -0.15) is 0 Å². The molecule has 2 N–H and O–H groups in total. The fourth-order valence-corrected chi connectivity index (χ4v) is 2.40. The quantitative estimate of drug-likeness (QED) is 0.670. The van der Waals surface area contributed by atoms with Crippen LogP contribution in [-0.4, -0.2) is 15.1 Å². The number of aliphatic hydroxyl groups is 1. The summed E-state index contributed by atoms with van der Waals surface area (Å²) in [6, 6.07) is 5.95. The van der Waals surface area contributed by atoms with E-state index in [1.165, 1.54) is 10.9 Å². The number of aryl methyl sites for hydroxylation is 2. The molecule has 0 saturated carbocycles. The van der Waals surface area contributed by atoms with Crippen LogP contribution in [0.3, 0.4) is 0 Å². The highest BCUT2D eigenvalue weighted by atomic mass is 16.3. The van der Waals surface area contributed by atoms with E-state index >= 15 is 0 Å². The molecule has 0 spiro atoms. The molecule has 0 saturated heterocycles. The van der Waals surface area contributed by atoms with E-state index in [0.717, 1.165) is 27.7 Å². The van der Waals surface area contributed by atoms with Crippen LogP contribution in [0.4, 0.5) is 0 Å². The third-order valence-corrected chi connectivity index (χ3v) is 3.41. The number of benzene rings is 1. The van der Waals surface area contributed by atoms with Gasteiger partial charge in [-0.15, -0.1) is 0 Å². The molecule has 0 aliphatic carbocycles. The van der Waals surface area contributed by atoms with Crippen LogP contribution in [-0.2, 0) is 6.61 Å². The van der Waals surface area contributed by atoms with Crippen molar-refractivity contribution in [3.8, 4) is 0 Å². The molecule has 3 nitrogen and oxygen atoms in total. The number of nitrogens with zero attached hydrogens (tertiary/aromatic N) is 1. The summed E-state index contributed by atoms with van der Waals surface area (Å²) in [7, 11) is 0. The molecule has 3 rings (SSSR count). The third-order valence-electron chi connectivity index (χ3n) is 3.41. The average Bonchev–Trinajstić information content (AvgIpc) is 2.72. The molecule has 0 bridgehead atoms. The number of aromatic amines is 1.